The Bertz CT molecular complexity index is 416. The molecule has 5 nitrogen and oxygen atoms in total. The average Bonchev–Trinajstić information content (AvgIpc) is 2.35. The fourth-order valence-electron chi connectivity index (χ4n) is 1.29. The van der Waals surface area contributed by atoms with Gasteiger partial charge in [0.2, 0.25) is 5.91 Å². The zero-order valence-electron chi connectivity index (χ0n) is 10.3. The molecule has 1 aromatic carbocycles. The summed E-state index contributed by atoms with van der Waals surface area (Å²) in [6.07, 6.45) is 0. The van der Waals surface area contributed by atoms with Crippen molar-refractivity contribution >= 4 is 17.5 Å². The lowest BCUT2D eigenvalue weighted by molar-refractivity contribution is -0.118. The maximum absolute atomic E-state index is 11.7. The van der Waals surface area contributed by atoms with Crippen LogP contribution in [0.4, 0.5) is 5.69 Å². The molecule has 0 fully saturated rings. The Labute approximate surface area is 101 Å². The first kappa shape index (κ1) is 13.0. The number of carbonyl (C=O) groups is 2. The topological polar surface area (TPSA) is 61.4 Å². The number of amides is 2. The molecule has 0 saturated heterocycles. The van der Waals surface area contributed by atoms with Gasteiger partial charge in [-0.15, -0.1) is 0 Å². The summed E-state index contributed by atoms with van der Waals surface area (Å²) < 4.78 is 0. The number of anilines is 1. The van der Waals surface area contributed by atoms with Gasteiger partial charge in [-0.1, -0.05) is 6.07 Å². The van der Waals surface area contributed by atoms with Crippen LogP contribution in [0.2, 0.25) is 0 Å². The highest BCUT2D eigenvalue weighted by Gasteiger charge is 2.08. The van der Waals surface area contributed by atoms with E-state index in [1.807, 2.05) is 6.07 Å². The van der Waals surface area contributed by atoms with E-state index in [4.69, 9.17) is 0 Å². The first-order valence-electron chi connectivity index (χ1n) is 5.30. The van der Waals surface area contributed by atoms with Crippen molar-refractivity contribution in [2.24, 2.45) is 0 Å². The van der Waals surface area contributed by atoms with Gasteiger partial charge in [0.05, 0.1) is 6.54 Å². The van der Waals surface area contributed by atoms with Gasteiger partial charge in [-0.25, -0.2) is 0 Å². The van der Waals surface area contributed by atoms with Gasteiger partial charge in [0.1, 0.15) is 0 Å². The van der Waals surface area contributed by atoms with Gasteiger partial charge >= 0.3 is 0 Å². The second-order valence-corrected chi connectivity index (χ2v) is 3.81. The van der Waals surface area contributed by atoms with E-state index in [2.05, 4.69) is 10.6 Å². The number of hydrogen-bond donors (Lipinski definition) is 2. The van der Waals surface area contributed by atoms with E-state index in [1.54, 1.807) is 39.3 Å². The van der Waals surface area contributed by atoms with Crippen molar-refractivity contribution in [1.29, 1.82) is 0 Å². The van der Waals surface area contributed by atoms with E-state index in [9.17, 15) is 9.59 Å². The Kier molecular flexibility index (Phi) is 4.51. The molecular weight excluding hydrogens is 218 g/mol. The zero-order valence-corrected chi connectivity index (χ0v) is 10.3. The van der Waals surface area contributed by atoms with Gasteiger partial charge < -0.3 is 15.5 Å². The molecular formula is C12H17N3O2. The van der Waals surface area contributed by atoms with E-state index in [0.29, 0.717) is 5.56 Å². The van der Waals surface area contributed by atoms with E-state index in [0.717, 1.165) is 5.69 Å². The smallest absolute Gasteiger partial charge is 0.253 e. The van der Waals surface area contributed by atoms with Gasteiger partial charge in [0, 0.05) is 32.4 Å². The first-order valence-corrected chi connectivity index (χ1v) is 5.30. The molecule has 1 aromatic rings. The Morgan fingerprint density at radius 1 is 1.29 bits per heavy atom. The van der Waals surface area contributed by atoms with Crippen LogP contribution in [0.15, 0.2) is 24.3 Å². The molecule has 1 rings (SSSR count). The van der Waals surface area contributed by atoms with Crippen molar-refractivity contribution < 1.29 is 9.59 Å². The van der Waals surface area contributed by atoms with Crippen LogP contribution in [-0.4, -0.2) is 44.4 Å². The minimum Gasteiger partial charge on any atom is -0.376 e. The fourth-order valence-corrected chi connectivity index (χ4v) is 1.29. The van der Waals surface area contributed by atoms with Crippen LogP contribution in [0.5, 0.6) is 0 Å². The molecule has 0 atom stereocenters. The Morgan fingerprint density at radius 3 is 2.59 bits per heavy atom. The number of rotatable bonds is 4. The molecule has 5 heteroatoms. The molecule has 0 aliphatic heterocycles. The fraction of sp³-hybridized carbons (Fsp3) is 0.333. The molecule has 0 bridgehead atoms. The van der Waals surface area contributed by atoms with Crippen molar-refractivity contribution in [3.05, 3.63) is 29.8 Å². The Hall–Kier alpha value is -2.04. The lowest BCUT2D eigenvalue weighted by Gasteiger charge is -2.11. The van der Waals surface area contributed by atoms with E-state index in [1.165, 1.54) is 4.90 Å². The number of hydrogen-bond acceptors (Lipinski definition) is 3. The highest BCUT2D eigenvalue weighted by atomic mass is 16.2. The number of carbonyl (C=O) groups excluding carboxylic acids is 2. The first-order chi connectivity index (χ1) is 8.04. The Balaban J connectivity index is 2.72. The second-order valence-electron chi connectivity index (χ2n) is 3.81. The van der Waals surface area contributed by atoms with E-state index >= 15 is 0 Å². The van der Waals surface area contributed by atoms with Gasteiger partial charge in [-0.2, -0.15) is 0 Å². The largest absolute Gasteiger partial charge is 0.376 e. The minimum atomic E-state index is -0.102. The molecule has 2 N–H and O–H groups in total. The highest BCUT2D eigenvalue weighted by Crippen LogP contribution is 2.11. The number of likely N-dealkylation sites (N-methyl/N-ethyl adjacent to an activating group) is 1. The summed E-state index contributed by atoms with van der Waals surface area (Å²) in [5.41, 5.74) is 1.35. The third-order valence-corrected chi connectivity index (χ3v) is 2.25. The normalized spacial score (nSPS) is 9.59. The van der Waals surface area contributed by atoms with E-state index in [-0.39, 0.29) is 18.4 Å². The van der Waals surface area contributed by atoms with Gasteiger partial charge in [-0.05, 0) is 18.2 Å². The van der Waals surface area contributed by atoms with Crippen LogP contribution in [0.3, 0.4) is 0 Å². The summed E-state index contributed by atoms with van der Waals surface area (Å²) in [6, 6.07) is 7.07. The molecule has 0 saturated carbocycles. The molecule has 92 valence electrons. The third-order valence-electron chi connectivity index (χ3n) is 2.25. The molecule has 0 aliphatic rings. The predicted octanol–water partition coefficient (Wildman–Crippen LogP) is 0.546. The molecule has 0 radical (unpaired) electrons. The molecule has 0 aromatic heterocycles. The summed E-state index contributed by atoms with van der Waals surface area (Å²) in [5, 5.41) is 5.46. The summed E-state index contributed by atoms with van der Waals surface area (Å²) in [5.74, 6) is -0.164. The molecule has 0 heterocycles. The van der Waals surface area contributed by atoms with E-state index < -0.39 is 0 Å². The van der Waals surface area contributed by atoms with Crippen LogP contribution in [0.1, 0.15) is 10.4 Å². The van der Waals surface area contributed by atoms with Crippen LogP contribution in [0.25, 0.3) is 0 Å². The standard InChI is InChI=1S/C12H17N3O2/c1-13-11(16)8-14-10-6-4-5-9(7-10)12(17)15(2)3/h4-7,14H,8H2,1-3H3,(H,13,16). The second kappa shape index (κ2) is 5.89. The van der Waals surface area contributed by atoms with Crippen LogP contribution >= 0.6 is 0 Å². The molecule has 2 amide bonds. The lowest BCUT2D eigenvalue weighted by atomic mass is 10.2. The maximum Gasteiger partial charge on any atom is 0.253 e. The quantitative estimate of drug-likeness (QED) is 0.801. The summed E-state index contributed by atoms with van der Waals surface area (Å²) >= 11 is 0. The molecule has 0 aliphatic carbocycles. The van der Waals surface area contributed by atoms with Gasteiger partial charge in [-0.3, -0.25) is 9.59 Å². The molecule has 0 spiro atoms. The number of benzene rings is 1. The van der Waals surface area contributed by atoms with Crippen molar-refractivity contribution in [2.45, 2.75) is 0 Å². The predicted molar refractivity (Wildman–Crippen MR) is 67.0 cm³/mol. The Morgan fingerprint density at radius 2 is 2.00 bits per heavy atom. The van der Waals surface area contributed by atoms with Crippen molar-refractivity contribution in [1.82, 2.24) is 10.2 Å². The summed E-state index contributed by atoms with van der Waals surface area (Å²) in [4.78, 5) is 24.3. The number of nitrogens with one attached hydrogen (secondary N) is 2. The average molecular weight is 235 g/mol. The zero-order chi connectivity index (χ0) is 12.8. The molecule has 17 heavy (non-hydrogen) atoms. The van der Waals surface area contributed by atoms with Crippen molar-refractivity contribution in [2.75, 3.05) is 33.0 Å². The van der Waals surface area contributed by atoms with Crippen LogP contribution in [0, 0.1) is 0 Å². The third kappa shape index (κ3) is 3.79. The SMILES string of the molecule is CNC(=O)CNc1cccc(C(=O)N(C)C)c1. The van der Waals surface area contributed by atoms with Crippen molar-refractivity contribution in [3.63, 3.8) is 0 Å². The minimum absolute atomic E-state index is 0.0615. The van der Waals surface area contributed by atoms with Crippen LogP contribution in [-0.2, 0) is 4.79 Å². The lowest BCUT2D eigenvalue weighted by Crippen LogP contribution is -2.26. The molecule has 0 unspecified atom stereocenters. The van der Waals surface area contributed by atoms with Crippen molar-refractivity contribution in [3.8, 4) is 0 Å². The maximum atomic E-state index is 11.7. The van der Waals surface area contributed by atoms with Gasteiger partial charge in [0.25, 0.3) is 5.91 Å². The van der Waals surface area contributed by atoms with Gasteiger partial charge in [0.15, 0.2) is 0 Å². The summed E-state index contributed by atoms with van der Waals surface area (Å²) in [7, 11) is 4.98. The number of nitrogens with zero attached hydrogens (tertiary/aromatic N) is 1. The summed E-state index contributed by atoms with van der Waals surface area (Å²) in [6.45, 7) is 0.191. The monoisotopic (exact) mass is 235 g/mol. The van der Waals surface area contributed by atoms with Crippen LogP contribution < -0.4 is 10.6 Å². The highest BCUT2D eigenvalue weighted by molar-refractivity contribution is 5.94.